The molecule has 45 heavy (non-hydrogen) atoms. The minimum absolute atomic E-state index is 0.0398. The van der Waals surface area contributed by atoms with E-state index in [9.17, 15) is 14.4 Å². The fourth-order valence-corrected chi connectivity index (χ4v) is 6.55. The van der Waals surface area contributed by atoms with Crippen LogP contribution in [0, 0.1) is 0 Å². The van der Waals surface area contributed by atoms with Crippen LogP contribution >= 0.6 is 0 Å². The highest BCUT2D eigenvalue weighted by Crippen LogP contribution is 2.51. The standard InChI is InChI=1S/C38H41N3O4/c1-25(2)39-35(43)23-45-32-19-16-30(17-20-32)38(6)24-37(4,5)41(26(3)42)34-21-18-31(22-33(34)38)40-36(44)29-14-12-28(13-15-29)27-10-8-7-9-11-27/h7-22,25H,23-24H2,1-6H3,(H,39,43)(H,40,44). The molecule has 0 spiro atoms. The van der Waals surface area contributed by atoms with E-state index in [0.717, 1.165) is 27.9 Å². The monoisotopic (exact) mass is 603 g/mol. The average Bonchev–Trinajstić information content (AvgIpc) is 3.00. The molecule has 2 N–H and O–H groups in total. The van der Waals surface area contributed by atoms with Gasteiger partial charge >= 0.3 is 0 Å². The summed E-state index contributed by atoms with van der Waals surface area (Å²) in [5.41, 5.74) is 5.18. The van der Waals surface area contributed by atoms with Gasteiger partial charge in [0.15, 0.2) is 6.61 Å². The average molecular weight is 604 g/mol. The lowest BCUT2D eigenvalue weighted by molar-refractivity contribution is -0.123. The van der Waals surface area contributed by atoms with E-state index >= 15 is 0 Å². The fraction of sp³-hybridized carbons (Fsp3) is 0.289. The highest BCUT2D eigenvalue weighted by Gasteiger charge is 2.47. The lowest BCUT2D eigenvalue weighted by Gasteiger charge is -2.51. The van der Waals surface area contributed by atoms with Gasteiger partial charge < -0.3 is 20.3 Å². The molecule has 0 bridgehead atoms. The number of ether oxygens (including phenoxy) is 1. The van der Waals surface area contributed by atoms with Crippen molar-refractivity contribution in [1.82, 2.24) is 5.32 Å². The van der Waals surface area contributed by atoms with E-state index in [4.69, 9.17) is 4.74 Å². The highest BCUT2D eigenvalue weighted by molar-refractivity contribution is 6.05. The molecule has 3 amide bonds. The van der Waals surface area contributed by atoms with Crippen molar-refractivity contribution in [2.75, 3.05) is 16.8 Å². The van der Waals surface area contributed by atoms with Gasteiger partial charge in [-0.1, -0.05) is 61.5 Å². The molecule has 7 heteroatoms. The van der Waals surface area contributed by atoms with Crippen molar-refractivity contribution in [3.05, 3.63) is 114 Å². The summed E-state index contributed by atoms with van der Waals surface area (Å²) >= 11 is 0. The van der Waals surface area contributed by atoms with Crippen molar-refractivity contribution < 1.29 is 19.1 Å². The second kappa shape index (κ2) is 12.6. The second-order valence-electron chi connectivity index (χ2n) is 12.8. The smallest absolute Gasteiger partial charge is 0.258 e. The topological polar surface area (TPSA) is 87.7 Å². The number of carbonyl (C=O) groups is 3. The molecular weight excluding hydrogens is 562 g/mol. The number of anilines is 2. The SMILES string of the molecule is CC(=O)N1c2ccc(NC(=O)c3ccc(-c4ccccc4)cc3)cc2C(C)(c2ccc(OCC(=O)NC(C)C)cc2)CC1(C)C. The Labute approximate surface area is 265 Å². The third-order valence-electron chi connectivity index (χ3n) is 8.36. The number of nitrogens with one attached hydrogen (secondary N) is 2. The minimum Gasteiger partial charge on any atom is -0.484 e. The lowest BCUT2D eigenvalue weighted by Crippen LogP contribution is -2.55. The Bertz CT molecular complexity index is 1700. The van der Waals surface area contributed by atoms with Gasteiger partial charge in [0.2, 0.25) is 5.91 Å². The summed E-state index contributed by atoms with van der Waals surface area (Å²) in [6.07, 6.45) is 0.655. The lowest BCUT2D eigenvalue weighted by atomic mass is 9.65. The molecule has 0 saturated heterocycles. The molecule has 1 unspecified atom stereocenters. The van der Waals surface area contributed by atoms with Gasteiger partial charge in [-0.3, -0.25) is 14.4 Å². The van der Waals surface area contributed by atoms with Crippen LogP contribution in [0.1, 0.15) is 69.4 Å². The number of hydrogen-bond acceptors (Lipinski definition) is 4. The predicted octanol–water partition coefficient (Wildman–Crippen LogP) is 7.35. The van der Waals surface area contributed by atoms with E-state index in [1.807, 2.05) is 116 Å². The Balaban J connectivity index is 1.43. The molecule has 0 saturated carbocycles. The van der Waals surface area contributed by atoms with Crippen molar-refractivity contribution in [2.45, 2.75) is 65.0 Å². The van der Waals surface area contributed by atoms with Gasteiger partial charge in [0, 0.05) is 40.9 Å². The Morgan fingerprint density at radius 2 is 1.49 bits per heavy atom. The molecule has 4 aromatic carbocycles. The van der Waals surface area contributed by atoms with Crippen LogP contribution in [0.5, 0.6) is 5.75 Å². The van der Waals surface area contributed by atoms with Gasteiger partial charge in [-0.2, -0.15) is 0 Å². The van der Waals surface area contributed by atoms with Crippen molar-refractivity contribution in [1.29, 1.82) is 0 Å². The Morgan fingerprint density at radius 1 is 0.844 bits per heavy atom. The van der Waals surface area contributed by atoms with Gasteiger partial charge in [-0.25, -0.2) is 0 Å². The van der Waals surface area contributed by atoms with Gasteiger partial charge in [-0.05, 0) is 98.8 Å². The number of fused-ring (bicyclic) bond motifs is 1. The zero-order valence-corrected chi connectivity index (χ0v) is 26.8. The van der Waals surface area contributed by atoms with Crippen LogP contribution in [0.15, 0.2) is 97.1 Å². The molecule has 0 radical (unpaired) electrons. The van der Waals surface area contributed by atoms with E-state index in [1.165, 1.54) is 0 Å². The number of carbonyl (C=O) groups excluding carboxylic acids is 3. The number of benzene rings is 4. The third kappa shape index (κ3) is 6.78. The molecule has 4 aromatic rings. The molecule has 232 valence electrons. The van der Waals surface area contributed by atoms with Gasteiger partial charge in [0.1, 0.15) is 5.75 Å². The van der Waals surface area contributed by atoms with Crippen LogP contribution in [0.25, 0.3) is 11.1 Å². The summed E-state index contributed by atoms with van der Waals surface area (Å²) in [4.78, 5) is 40.2. The Kier molecular flexibility index (Phi) is 8.82. The zero-order valence-electron chi connectivity index (χ0n) is 26.8. The van der Waals surface area contributed by atoms with Crippen LogP contribution in [-0.2, 0) is 15.0 Å². The molecule has 1 atom stereocenters. The molecule has 1 heterocycles. The molecule has 0 aliphatic carbocycles. The fourth-order valence-electron chi connectivity index (χ4n) is 6.55. The van der Waals surface area contributed by atoms with Gasteiger partial charge in [0.05, 0.1) is 0 Å². The highest BCUT2D eigenvalue weighted by atomic mass is 16.5. The van der Waals surface area contributed by atoms with E-state index < -0.39 is 11.0 Å². The maximum absolute atomic E-state index is 13.3. The van der Waals surface area contributed by atoms with Crippen LogP contribution in [0.2, 0.25) is 0 Å². The first-order chi connectivity index (χ1) is 21.4. The molecular formula is C38H41N3O4. The first-order valence-electron chi connectivity index (χ1n) is 15.3. The first kappa shape index (κ1) is 31.5. The van der Waals surface area contributed by atoms with E-state index in [1.54, 1.807) is 6.92 Å². The quantitative estimate of drug-likeness (QED) is 0.220. The maximum atomic E-state index is 13.3. The summed E-state index contributed by atoms with van der Waals surface area (Å²) in [6, 6.07) is 31.2. The summed E-state index contributed by atoms with van der Waals surface area (Å²) in [5, 5.41) is 5.90. The molecule has 0 aromatic heterocycles. The normalized spacial score (nSPS) is 16.9. The van der Waals surface area contributed by atoms with Gasteiger partial charge in [0.25, 0.3) is 11.8 Å². The first-order valence-corrected chi connectivity index (χ1v) is 15.3. The summed E-state index contributed by atoms with van der Waals surface area (Å²) in [7, 11) is 0. The number of hydrogen-bond donors (Lipinski definition) is 2. The third-order valence-corrected chi connectivity index (χ3v) is 8.36. The Hall–Kier alpha value is -4.91. The van der Waals surface area contributed by atoms with Crippen molar-refractivity contribution >= 4 is 29.1 Å². The molecule has 0 fully saturated rings. The molecule has 1 aliphatic rings. The number of amides is 3. The number of rotatable bonds is 8. The van der Waals surface area contributed by atoms with Crippen molar-refractivity contribution in [3.63, 3.8) is 0 Å². The van der Waals surface area contributed by atoms with Crippen LogP contribution in [0.4, 0.5) is 11.4 Å². The molecule has 7 nitrogen and oxygen atoms in total. The summed E-state index contributed by atoms with van der Waals surface area (Å²) in [6.45, 7) is 11.7. The minimum atomic E-state index is -0.490. The maximum Gasteiger partial charge on any atom is 0.258 e. The number of nitrogens with zero attached hydrogens (tertiary/aromatic N) is 1. The summed E-state index contributed by atoms with van der Waals surface area (Å²) < 4.78 is 5.73. The summed E-state index contributed by atoms with van der Waals surface area (Å²) in [5.74, 6) is 0.178. The van der Waals surface area contributed by atoms with Gasteiger partial charge in [-0.15, -0.1) is 0 Å². The van der Waals surface area contributed by atoms with E-state index in [2.05, 4.69) is 31.4 Å². The largest absolute Gasteiger partial charge is 0.484 e. The van der Waals surface area contributed by atoms with Crippen LogP contribution in [-0.4, -0.2) is 35.9 Å². The van der Waals surface area contributed by atoms with Crippen molar-refractivity contribution in [2.24, 2.45) is 0 Å². The predicted molar refractivity (Wildman–Crippen MR) is 180 cm³/mol. The Morgan fingerprint density at radius 3 is 2.11 bits per heavy atom. The van der Waals surface area contributed by atoms with E-state index in [0.29, 0.717) is 23.4 Å². The van der Waals surface area contributed by atoms with E-state index in [-0.39, 0.29) is 30.4 Å². The van der Waals surface area contributed by atoms with Crippen molar-refractivity contribution in [3.8, 4) is 16.9 Å². The second-order valence-corrected chi connectivity index (χ2v) is 12.8. The van der Waals surface area contributed by atoms with Crippen LogP contribution in [0.3, 0.4) is 0 Å². The molecule has 5 rings (SSSR count). The molecule has 1 aliphatic heterocycles. The zero-order chi connectivity index (χ0) is 32.4. The van der Waals surface area contributed by atoms with Crippen LogP contribution < -0.4 is 20.3 Å².